The smallest absolute Gasteiger partial charge is 0.361 e. The predicted molar refractivity (Wildman–Crippen MR) is 58.9 cm³/mol. The first-order valence-electron chi connectivity index (χ1n) is 5.30. The number of nitrogens with two attached hydrogens (primary N) is 1. The number of nitrogens with zero attached hydrogens (tertiary/aromatic N) is 2. The van der Waals surface area contributed by atoms with Crippen molar-refractivity contribution in [3.63, 3.8) is 0 Å². The lowest BCUT2D eigenvalue weighted by atomic mass is 10.3. The number of hydrogen-bond donors (Lipinski definition) is 2. The first-order chi connectivity index (χ1) is 7.69. The summed E-state index contributed by atoms with van der Waals surface area (Å²) in [6.45, 7) is 2.81. The quantitative estimate of drug-likeness (QED) is 0.542. The number of rotatable bonds is 6. The molecule has 16 heavy (non-hydrogen) atoms. The number of aromatic nitrogens is 2. The zero-order valence-corrected chi connectivity index (χ0v) is 9.35. The molecule has 0 bridgehead atoms. The second-order valence-electron chi connectivity index (χ2n) is 3.35. The van der Waals surface area contributed by atoms with Crippen molar-refractivity contribution in [3.05, 3.63) is 11.9 Å². The lowest BCUT2D eigenvalue weighted by Gasteiger charge is -1.99. The summed E-state index contributed by atoms with van der Waals surface area (Å²) in [5, 5.41) is 12.7. The van der Waals surface area contributed by atoms with Crippen molar-refractivity contribution in [2.75, 3.05) is 18.9 Å². The molecule has 0 radical (unpaired) electrons. The summed E-state index contributed by atoms with van der Waals surface area (Å²) < 4.78 is 6.41. The molecule has 1 rings (SSSR count). The number of aliphatic hydroxyl groups excluding tert-OH is 1. The summed E-state index contributed by atoms with van der Waals surface area (Å²) >= 11 is 0. The Labute approximate surface area is 94.0 Å². The molecule has 0 fully saturated rings. The van der Waals surface area contributed by atoms with Crippen LogP contribution in [0.15, 0.2) is 6.20 Å². The highest BCUT2D eigenvalue weighted by atomic mass is 16.5. The Kier molecular flexibility index (Phi) is 4.78. The van der Waals surface area contributed by atoms with E-state index < -0.39 is 5.97 Å². The van der Waals surface area contributed by atoms with E-state index in [4.69, 9.17) is 15.6 Å². The summed E-state index contributed by atoms with van der Waals surface area (Å²) in [7, 11) is 0. The van der Waals surface area contributed by atoms with E-state index in [2.05, 4.69) is 5.10 Å². The summed E-state index contributed by atoms with van der Waals surface area (Å²) in [5.74, 6) is -0.499. The van der Waals surface area contributed by atoms with Crippen molar-refractivity contribution in [1.82, 2.24) is 9.78 Å². The highest BCUT2D eigenvalue weighted by Crippen LogP contribution is 2.11. The minimum Gasteiger partial charge on any atom is -0.461 e. The number of esters is 1. The van der Waals surface area contributed by atoms with Crippen LogP contribution in [0.3, 0.4) is 0 Å². The molecule has 0 spiro atoms. The zero-order valence-electron chi connectivity index (χ0n) is 9.35. The van der Waals surface area contributed by atoms with E-state index in [0.717, 1.165) is 6.42 Å². The van der Waals surface area contributed by atoms with Crippen LogP contribution in [0.2, 0.25) is 0 Å². The molecular formula is C10H17N3O3. The predicted octanol–water partition coefficient (Wildman–Crippen LogP) is 0.415. The fraction of sp³-hybridized carbons (Fsp3) is 0.600. The monoisotopic (exact) mass is 227 g/mol. The van der Waals surface area contributed by atoms with Gasteiger partial charge in [0, 0.05) is 19.3 Å². The van der Waals surface area contributed by atoms with Gasteiger partial charge in [-0.1, -0.05) is 0 Å². The minimum absolute atomic E-state index is 0.154. The van der Waals surface area contributed by atoms with Gasteiger partial charge in [0.1, 0.15) is 0 Å². The van der Waals surface area contributed by atoms with E-state index in [0.29, 0.717) is 25.3 Å². The molecule has 1 aromatic rings. The third kappa shape index (κ3) is 3.23. The van der Waals surface area contributed by atoms with Crippen molar-refractivity contribution in [2.45, 2.75) is 26.3 Å². The average molecular weight is 227 g/mol. The van der Waals surface area contributed by atoms with Gasteiger partial charge >= 0.3 is 5.97 Å². The van der Waals surface area contributed by atoms with Gasteiger partial charge in [0.05, 0.1) is 12.3 Å². The Morgan fingerprint density at radius 2 is 2.38 bits per heavy atom. The van der Waals surface area contributed by atoms with E-state index in [1.165, 1.54) is 0 Å². The van der Waals surface area contributed by atoms with E-state index in [1.807, 2.05) is 0 Å². The van der Waals surface area contributed by atoms with E-state index >= 15 is 0 Å². The number of unbranched alkanes of at least 4 members (excludes halogenated alkanes) is 1. The number of hydrogen-bond acceptors (Lipinski definition) is 5. The maximum atomic E-state index is 11.4. The van der Waals surface area contributed by atoms with Gasteiger partial charge in [0.15, 0.2) is 5.69 Å². The molecule has 3 N–H and O–H groups in total. The largest absolute Gasteiger partial charge is 0.461 e. The van der Waals surface area contributed by atoms with Crippen molar-refractivity contribution >= 4 is 11.7 Å². The van der Waals surface area contributed by atoms with Gasteiger partial charge < -0.3 is 15.6 Å². The van der Waals surface area contributed by atoms with Gasteiger partial charge in [-0.2, -0.15) is 5.10 Å². The van der Waals surface area contributed by atoms with Crippen molar-refractivity contribution < 1.29 is 14.6 Å². The van der Waals surface area contributed by atoms with Crippen LogP contribution in [0.5, 0.6) is 0 Å². The summed E-state index contributed by atoms with van der Waals surface area (Å²) in [6, 6.07) is 0. The van der Waals surface area contributed by atoms with Gasteiger partial charge in [0.25, 0.3) is 0 Å². The lowest BCUT2D eigenvalue weighted by Crippen LogP contribution is -2.09. The van der Waals surface area contributed by atoms with Crippen LogP contribution < -0.4 is 5.73 Å². The van der Waals surface area contributed by atoms with Crippen LogP contribution in [0.25, 0.3) is 0 Å². The van der Waals surface area contributed by atoms with E-state index in [-0.39, 0.29) is 12.3 Å². The standard InChI is InChI=1S/C10H17N3O3/c1-2-16-10(15)9-8(11)7-13(12-9)5-3-4-6-14/h7,14H,2-6,11H2,1H3. The summed E-state index contributed by atoms with van der Waals surface area (Å²) in [5.41, 5.74) is 6.12. The molecule has 90 valence electrons. The number of nitrogen functional groups attached to an aromatic ring is 1. The average Bonchev–Trinajstić information content (AvgIpc) is 2.61. The van der Waals surface area contributed by atoms with E-state index in [9.17, 15) is 4.79 Å². The van der Waals surface area contributed by atoms with Crippen LogP contribution in [0.1, 0.15) is 30.3 Å². The number of aliphatic hydroxyl groups is 1. The summed E-state index contributed by atoms with van der Waals surface area (Å²) in [6.07, 6.45) is 3.10. The van der Waals surface area contributed by atoms with Crippen molar-refractivity contribution in [3.8, 4) is 0 Å². The SMILES string of the molecule is CCOC(=O)c1nn(CCCCO)cc1N. The third-order valence-corrected chi connectivity index (χ3v) is 2.05. The fourth-order valence-corrected chi connectivity index (χ4v) is 1.30. The zero-order chi connectivity index (χ0) is 12.0. The number of carbonyl (C=O) groups excluding carboxylic acids is 1. The molecule has 0 amide bonds. The molecule has 0 aliphatic carbocycles. The maximum absolute atomic E-state index is 11.4. The second kappa shape index (κ2) is 6.12. The number of ether oxygens (including phenoxy) is 1. The van der Waals surface area contributed by atoms with Gasteiger partial charge in [-0.3, -0.25) is 4.68 Å². The number of aryl methyl sites for hydroxylation is 1. The lowest BCUT2D eigenvalue weighted by molar-refractivity contribution is 0.0519. The number of carbonyl (C=O) groups is 1. The molecule has 0 aliphatic rings. The van der Waals surface area contributed by atoms with Crippen LogP contribution in [-0.2, 0) is 11.3 Å². The molecule has 0 atom stereocenters. The third-order valence-electron chi connectivity index (χ3n) is 2.05. The Balaban J connectivity index is 2.62. The summed E-state index contributed by atoms with van der Waals surface area (Å²) in [4.78, 5) is 11.4. The Morgan fingerprint density at radius 3 is 3.00 bits per heavy atom. The highest BCUT2D eigenvalue weighted by Gasteiger charge is 2.15. The fourth-order valence-electron chi connectivity index (χ4n) is 1.30. The molecule has 6 heteroatoms. The highest BCUT2D eigenvalue weighted by molar-refractivity contribution is 5.92. The second-order valence-corrected chi connectivity index (χ2v) is 3.35. The molecule has 0 saturated heterocycles. The molecule has 1 aromatic heterocycles. The van der Waals surface area contributed by atoms with Crippen molar-refractivity contribution in [2.24, 2.45) is 0 Å². The first-order valence-corrected chi connectivity index (χ1v) is 5.30. The van der Waals surface area contributed by atoms with Gasteiger partial charge in [-0.15, -0.1) is 0 Å². The Hall–Kier alpha value is -1.56. The normalized spacial score (nSPS) is 10.4. The van der Waals surface area contributed by atoms with Crippen molar-refractivity contribution in [1.29, 1.82) is 0 Å². The minimum atomic E-state index is -0.499. The Morgan fingerprint density at radius 1 is 1.62 bits per heavy atom. The van der Waals surface area contributed by atoms with Crippen LogP contribution in [0.4, 0.5) is 5.69 Å². The first kappa shape index (κ1) is 12.5. The molecule has 0 aliphatic heterocycles. The molecule has 0 aromatic carbocycles. The molecule has 0 saturated carbocycles. The molecular weight excluding hydrogens is 210 g/mol. The van der Waals surface area contributed by atoms with E-state index in [1.54, 1.807) is 17.8 Å². The van der Waals surface area contributed by atoms with Gasteiger partial charge in [-0.25, -0.2) is 4.79 Å². The molecule has 0 unspecified atom stereocenters. The van der Waals surface area contributed by atoms with Gasteiger partial charge in [0.2, 0.25) is 0 Å². The van der Waals surface area contributed by atoms with Crippen LogP contribution in [-0.4, -0.2) is 34.1 Å². The molecule has 6 nitrogen and oxygen atoms in total. The molecule has 1 heterocycles. The maximum Gasteiger partial charge on any atom is 0.361 e. The van der Waals surface area contributed by atoms with Gasteiger partial charge in [-0.05, 0) is 19.8 Å². The Bertz CT molecular complexity index is 349. The van der Waals surface area contributed by atoms with Crippen LogP contribution >= 0.6 is 0 Å². The number of anilines is 1. The topological polar surface area (TPSA) is 90.4 Å². The van der Waals surface area contributed by atoms with Crippen LogP contribution in [0, 0.1) is 0 Å².